The second-order valence-corrected chi connectivity index (χ2v) is 8.44. The molecule has 7 heteroatoms. The van der Waals surface area contributed by atoms with E-state index < -0.39 is 5.97 Å². The van der Waals surface area contributed by atoms with E-state index in [9.17, 15) is 9.59 Å². The maximum Gasteiger partial charge on any atom is 0.341 e. The van der Waals surface area contributed by atoms with Gasteiger partial charge in [0, 0.05) is 16.5 Å². The summed E-state index contributed by atoms with van der Waals surface area (Å²) in [5.41, 5.74) is 2.83. The lowest BCUT2D eigenvalue weighted by atomic mass is 10.0. The predicted molar refractivity (Wildman–Crippen MR) is 137 cm³/mol. The zero-order valence-corrected chi connectivity index (χ0v) is 20.7. The highest BCUT2D eigenvalue weighted by atomic mass is 32.1. The van der Waals surface area contributed by atoms with Crippen LogP contribution < -0.4 is 14.8 Å². The van der Waals surface area contributed by atoms with Gasteiger partial charge in [-0.2, -0.15) is 0 Å². The number of nitrogens with one attached hydrogen (secondary N) is 1. The van der Waals surface area contributed by atoms with E-state index in [0.717, 1.165) is 21.6 Å². The van der Waals surface area contributed by atoms with Crippen molar-refractivity contribution in [1.82, 2.24) is 0 Å². The lowest BCUT2D eigenvalue weighted by Gasteiger charge is -2.11. The van der Waals surface area contributed by atoms with Gasteiger partial charge in [0.25, 0.3) is 0 Å². The van der Waals surface area contributed by atoms with E-state index in [4.69, 9.17) is 14.2 Å². The molecule has 0 saturated heterocycles. The van der Waals surface area contributed by atoms with E-state index in [1.807, 2.05) is 69.3 Å². The lowest BCUT2D eigenvalue weighted by molar-refractivity contribution is -0.111. The average Bonchev–Trinajstić information content (AvgIpc) is 3.15. The van der Waals surface area contributed by atoms with Gasteiger partial charge < -0.3 is 19.5 Å². The van der Waals surface area contributed by atoms with Gasteiger partial charge in [-0.15, -0.1) is 11.3 Å². The summed E-state index contributed by atoms with van der Waals surface area (Å²) in [5.74, 6) is 0.474. The Morgan fingerprint density at radius 2 is 1.65 bits per heavy atom. The minimum absolute atomic E-state index is 0.245. The Kier molecular flexibility index (Phi) is 8.87. The predicted octanol–water partition coefficient (Wildman–Crippen LogP) is 6.35. The van der Waals surface area contributed by atoms with E-state index in [-0.39, 0.29) is 12.5 Å². The zero-order valence-electron chi connectivity index (χ0n) is 19.8. The monoisotopic (exact) mass is 479 g/mol. The molecule has 178 valence electrons. The Bertz CT molecular complexity index is 1170. The molecule has 1 amide bonds. The average molecular weight is 480 g/mol. The number of benzene rings is 2. The molecule has 0 bridgehead atoms. The van der Waals surface area contributed by atoms with Crippen LogP contribution in [-0.4, -0.2) is 31.7 Å². The van der Waals surface area contributed by atoms with Crippen LogP contribution in [0.4, 0.5) is 5.00 Å². The summed E-state index contributed by atoms with van der Waals surface area (Å²) in [5, 5.41) is 3.32. The standard InChI is InChI=1S/C27H29NO5S/c1-5-31-21-15-13-19(17-22(21)32-6-2)14-16-23(29)28-26-25(27(30)33-7-3)24(18(4)34-26)20-11-9-8-10-12-20/h8-17H,5-7H2,1-4H3,(H,28,29)/b16-14+. The van der Waals surface area contributed by atoms with Gasteiger partial charge in [0.1, 0.15) is 10.6 Å². The van der Waals surface area contributed by atoms with Gasteiger partial charge in [-0.1, -0.05) is 36.4 Å². The third-order valence-electron chi connectivity index (χ3n) is 4.86. The molecule has 0 aliphatic heterocycles. The van der Waals surface area contributed by atoms with Crippen molar-refractivity contribution in [2.24, 2.45) is 0 Å². The second kappa shape index (κ2) is 12.0. The Morgan fingerprint density at radius 3 is 2.32 bits per heavy atom. The third-order valence-corrected chi connectivity index (χ3v) is 5.88. The molecule has 0 radical (unpaired) electrons. The summed E-state index contributed by atoms with van der Waals surface area (Å²) in [7, 11) is 0. The first-order valence-electron chi connectivity index (χ1n) is 11.2. The zero-order chi connectivity index (χ0) is 24.5. The van der Waals surface area contributed by atoms with Gasteiger partial charge in [-0.05, 0) is 57.0 Å². The number of anilines is 1. The Balaban J connectivity index is 1.87. The first-order chi connectivity index (χ1) is 16.5. The molecule has 6 nitrogen and oxygen atoms in total. The van der Waals surface area contributed by atoms with Crippen LogP contribution in [0.15, 0.2) is 54.6 Å². The Morgan fingerprint density at radius 1 is 0.941 bits per heavy atom. The van der Waals surface area contributed by atoms with Crippen molar-refractivity contribution in [2.45, 2.75) is 27.7 Å². The Hall–Kier alpha value is -3.58. The number of amides is 1. The van der Waals surface area contributed by atoms with E-state index in [2.05, 4.69) is 5.32 Å². The van der Waals surface area contributed by atoms with Gasteiger partial charge in [-0.25, -0.2) is 4.79 Å². The maximum atomic E-state index is 12.8. The molecule has 0 spiro atoms. The summed E-state index contributed by atoms with van der Waals surface area (Å²) in [6.07, 6.45) is 3.12. The molecule has 0 aliphatic carbocycles. The van der Waals surface area contributed by atoms with Crippen LogP contribution in [0.1, 0.15) is 41.6 Å². The Labute approximate surface area is 204 Å². The number of hydrogen-bond acceptors (Lipinski definition) is 6. The van der Waals surface area contributed by atoms with Gasteiger partial charge in [-0.3, -0.25) is 4.79 Å². The molecule has 0 unspecified atom stereocenters. The van der Waals surface area contributed by atoms with Crippen molar-refractivity contribution in [3.63, 3.8) is 0 Å². The topological polar surface area (TPSA) is 73.9 Å². The van der Waals surface area contributed by atoms with Gasteiger partial charge in [0.2, 0.25) is 5.91 Å². The SMILES string of the molecule is CCOC(=O)c1c(NC(=O)/C=C/c2ccc(OCC)c(OCC)c2)sc(C)c1-c1ccccc1. The smallest absolute Gasteiger partial charge is 0.341 e. The van der Waals surface area contributed by atoms with Crippen LogP contribution in [0.2, 0.25) is 0 Å². The van der Waals surface area contributed by atoms with E-state index >= 15 is 0 Å². The van der Waals surface area contributed by atoms with Crippen LogP contribution in [0.5, 0.6) is 11.5 Å². The molecular formula is C27H29NO5S. The summed E-state index contributed by atoms with van der Waals surface area (Å²) >= 11 is 1.35. The molecule has 0 fully saturated rings. The molecule has 1 N–H and O–H groups in total. The molecule has 1 heterocycles. The molecule has 0 atom stereocenters. The molecule has 2 aromatic carbocycles. The summed E-state index contributed by atoms with van der Waals surface area (Å²) in [6.45, 7) is 8.78. The highest BCUT2D eigenvalue weighted by Crippen LogP contribution is 2.40. The van der Waals surface area contributed by atoms with Crippen LogP contribution in [0, 0.1) is 6.92 Å². The fourth-order valence-electron chi connectivity index (χ4n) is 3.48. The summed E-state index contributed by atoms with van der Waals surface area (Å²) < 4.78 is 16.5. The lowest BCUT2D eigenvalue weighted by Crippen LogP contribution is -2.12. The number of aryl methyl sites for hydroxylation is 1. The number of rotatable bonds is 10. The number of ether oxygens (including phenoxy) is 3. The molecular weight excluding hydrogens is 450 g/mol. The number of thiophene rings is 1. The first-order valence-corrected chi connectivity index (χ1v) is 12.0. The summed E-state index contributed by atoms with van der Waals surface area (Å²) in [6, 6.07) is 15.1. The van der Waals surface area contributed by atoms with Crippen molar-refractivity contribution in [3.05, 3.63) is 70.6 Å². The molecule has 3 rings (SSSR count). The second-order valence-electron chi connectivity index (χ2n) is 7.22. The number of hydrogen-bond donors (Lipinski definition) is 1. The number of carbonyl (C=O) groups excluding carboxylic acids is 2. The molecule has 0 saturated carbocycles. The van der Waals surface area contributed by atoms with Gasteiger partial charge in [0.05, 0.1) is 19.8 Å². The molecule has 34 heavy (non-hydrogen) atoms. The number of carbonyl (C=O) groups is 2. The van der Waals surface area contributed by atoms with Crippen LogP contribution in [-0.2, 0) is 9.53 Å². The van der Waals surface area contributed by atoms with Crippen molar-refractivity contribution in [2.75, 3.05) is 25.1 Å². The van der Waals surface area contributed by atoms with Crippen LogP contribution >= 0.6 is 11.3 Å². The van der Waals surface area contributed by atoms with Gasteiger partial charge in [0.15, 0.2) is 11.5 Å². The van der Waals surface area contributed by atoms with Gasteiger partial charge >= 0.3 is 5.97 Å². The van der Waals surface area contributed by atoms with E-state index in [1.165, 1.54) is 17.4 Å². The largest absolute Gasteiger partial charge is 0.490 e. The van der Waals surface area contributed by atoms with Crippen molar-refractivity contribution in [3.8, 4) is 22.6 Å². The minimum Gasteiger partial charge on any atom is -0.490 e. The van der Waals surface area contributed by atoms with E-state index in [1.54, 1.807) is 13.0 Å². The fraction of sp³-hybridized carbons (Fsp3) is 0.259. The summed E-state index contributed by atoms with van der Waals surface area (Å²) in [4.78, 5) is 26.5. The third kappa shape index (κ3) is 6.05. The van der Waals surface area contributed by atoms with Crippen molar-refractivity contribution < 1.29 is 23.8 Å². The van der Waals surface area contributed by atoms with Crippen LogP contribution in [0.25, 0.3) is 17.2 Å². The number of esters is 1. The fourth-order valence-corrected chi connectivity index (χ4v) is 4.55. The maximum absolute atomic E-state index is 12.8. The van der Waals surface area contributed by atoms with Crippen molar-refractivity contribution >= 4 is 34.3 Å². The van der Waals surface area contributed by atoms with Crippen molar-refractivity contribution in [1.29, 1.82) is 0 Å². The minimum atomic E-state index is -0.460. The van der Waals surface area contributed by atoms with E-state index in [0.29, 0.717) is 35.3 Å². The first kappa shape index (κ1) is 25.1. The normalized spacial score (nSPS) is 10.8. The quantitative estimate of drug-likeness (QED) is 0.271. The van der Waals surface area contributed by atoms with Crippen LogP contribution in [0.3, 0.4) is 0 Å². The highest BCUT2D eigenvalue weighted by Gasteiger charge is 2.25. The highest BCUT2D eigenvalue weighted by molar-refractivity contribution is 7.17. The molecule has 0 aliphatic rings. The molecule has 1 aromatic heterocycles. The molecule has 3 aromatic rings.